The molecule has 0 saturated carbocycles. The Hall–Kier alpha value is -0.650. The summed E-state index contributed by atoms with van der Waals surface area (Å²) in [5, 5.41) is 1.80. The van der Waals surface area contributed by atoms with Gasteiger partial charge < -0.3 is 9.57 Å². The van der Waals surface area contributed by atoms with Crippen molar-refractivity contribution in [2.75, 3.05) is 26.3 Å². The summed E-state index contributed by atoms with van der Waals surface area (Å²) < 4.78 is 5.08. The van der Waals surface area contributed by atoms with Gasteiger partial charge in [0.1, 0.15) is 0 Å². The quantitative estimate of drug-likeness (QED) is 0.541. The van der Waals surface area contributed by atoms with Gasteiger partial charge in [-0.05, 0) is 0 Å². The lowest BCUT2D eigenvalue weighted by molar-refractivity contribution is -0.167. The molecule has 1 fully saturated rings. The van der Waals surface area contributed by atoms with E-state index in [9.17, 15) is 4.79 Å². The Morgan fingerprint density at radius 1 is 1.55 bits per heavy atom. The van der Waals surface area contributed by atoms with Crippen LogP contribution in [0, 0.1) is 0 Å². The lowest BCUT2D eigenvalue weighted by Gasteiger charge is -2.25. The SMILES string of the molecule is CC(=O)ONN1CCOCC1. The summed E-state index contributed by atoms with van der Waals surface area (Å²) in [6.07, 6.45) is 0. The molecule has 0 radical (unpaired) electrons. The van der Waals surface area contributed by atoms with Crippen molar-refractivity contribution < 1.29 is 14.4 Å². The molecule has 5 nitrogen and oxygen atoms in total. The second-order valence-corrected chi connectivity index (χ2v) is 2.28. The lowest BCUT2D eigenvalue weighted by atomic mass is 10.5. The second kappa shape index (κ2) is 4.27. The van der Waals surface area contributed by atoms with Crippen LogP contribution in [0.3, 0.4) is 0 Å². The van der Waals surface area contributed by atoms with Crippen molar-refractivity contribution >= 4 is 5.97 Å². The number of nitrogens with one attached hydrogen (secondary N) is 1. The van der Waals surface area contributed by atoms with Gasteiger partial charge in [-0.15, -0.1) is 0 Å². The first-order chi connectivity index (χ1) is 5.29. The van der Waals surface area contributed by atoms with Crippen LogP contribution >= 0.6 is 0 Å². The molecule has 0 aliphatic carbocycles. The molecule has 0 atom stereocenters. The van der Waals surface area contributed by atoms with E-state index < -0.39 is 0 Å². The van der Waals surface area contributed by atoms with Crippen LogP contribution in [0.5, 0.6) is 0 Å². The molecule has 0 bridgehead atoms. The molecule has 0 unspecified atom stereocenters. The zero-order chi connectivity index (χ0) is 8.10. The normalized spacial score (nSPS) is 19.7. The van der Waals surface area contributed by atoms with Gasteiger partial charge in [-0.1, -0.05) is 5.59 Å². The number of morpholine rings is 1. The number of carbonyl (C=O) groups excluding carboxylic acids is 1. The minimum Gasteiger partial charge on any atom is -0.379 e. The minimum absolute atomic E-state index is 0.337. The Morgan fingerprint density at radius 2 is 2.18 bits per heavy atom. The van der Waals surface area contributed by atoms with Crippen LogP contribution in [-0.2, 0) is 14.4 Å². The molecule has 5 heteroatoms. The minimum atomic E-state index is -0.337. The largest absolute Gasteiger partial charge is 0.379 e. The van der Waals surface area contributed by atoms with Crippen LogP contribution in [0.15, 0.2) is 0 Å². The van der Waals surface area contributed by atoms with E-state index in [1.54, 1.807) is 5.01 Å². The Kier molecular flexibility index (Phi) is 3.28. The van der Waals surface area contributed by atoms with Gasteiger partial charge in [0.25, 0.3) is 0 Å². The van der Waals surface area contributed by atoms with Crippen molar-refractivity contribution in [1.82, 2.24) is 10.6 Å². The van der Waals surface area contributed by atoms with Gasteiger partial charge in [0.05, 0.1) is 13.2 Å². The third kappa shape index (κ3) is 3.31. The highest BCUT2D eigenvalue weighted by molar-refractivity contribution is 5.65. The number of ether oxygens (including phenoxy) is 1. The molecule has 1 aliphatic heterocycles. The topological polar surface area (TPSA) is 50.8 Å². The van der Waals surface area contributed by atoms with Crippen LogP contribution in [-0.4, -0.2) is 37.3 Å². The molecule has 0 amide bonds. The van der Waals surface area contributed by atoms with Gasteiger partial charge in [-0.2, -0.15) is 0 Å². The standard InChI is InChI=1S/C6H12N2O3/c1-6(9)11-7-8-2-4-10-5-3-8/h7H,2-5H2,1H3. The van der Waals surface area contributed by atoms with Gasteiger partial charge in [0.15, 0.2) is 0 Å². The molecule has 1 N–H and O–H groups in total. The number of carbonyl (C=O) groups is 1. The van der Waals surface area contributed by atoms with Crippen LogP contribution in [0.2, 0.25) is 0 Å². The Bertz CT molecular complexity index is 134. The van der Waals surface area contributed by atoms with E-state index in [1.807, 2.05) is 0 Å². The zero-order valence-electron chi connectivity index (χ0n) is 6.50. The predicted octanol–water partition coefficient (Wildman–Crippen LogP) is -0.699. The van der Waals surface area contributed by atoms with E-state index in [-0.39, 0.29) is 5.97 Å². The summed E-state index contributed by atoms with van der Waals surface area (Å²) in [6.45, 7) is 4.19. The molecule has 0 aromatic rings. The summed E-state index contributed by atoms with van der Waals surface area (Å²) in [5.74, 6) is -0.337. The van der Waals surface area contributed by atoms with Crippen molar-refractivity contribution in [1.29, 1.82) is 0 Å². The molecular weight excluding hydrogens is 148 g/mol. The number of nitrogens with zero attached hydrogens (tertiary/aromatic N) is 1. The highest BCUT2D eigenvalue weighted by Crippen LogP contribution is 1.91. The smallest absolute Gasteiger partial charge is 0.323 e. The van der Waals surface area contributed by atoms with Crippen molar-refractivity contribution in [2.45, 2.75) is 6.92 Å². The van der Waals surface area contributed by atoms with Gasteiger partial charge in [0, 0.05) is 20.0 Å². The third-order valence-electron chi connectivity index (χ3n) is 1.33. The van der Waals surface area contributed by atoms with Crippen LogP contribution in [0.1, 0.15) is 6.92 Å². The van der Waals surface area contributed by atoms with E-state index in [0.717, 1.165) is 13.1 Å². The van der Waals surface area contributed by atoms with E-state index in [4.69, 9.17) is 4.74 Å². The summed E-state index contributed by atoms with van der Waals surface area (Å²) in [7, 11) is 0. The van der Waals surface area contributed by atoms with Crippen LogP contribution < -0.4 is 5.59 Å². The second-order valence-electron chi connectivity index (χ2n) is 2.28. The van der Waals surface area contributed by atoms with E-state index >= 15 is 0 Å². The summed E-state index contributed by atoms with van der Waals surface area (Å²) in [6, 6.07) is 0. The lowest BCUT2D eigenvalue weighted by Crippen LogP contribution is -2.46. The van der Waals surface area contributed by atoms with Gasteiger partial charge >= 0.3 is 5.97 Å². The van der Waals surface area contributed by atoms with Crippen molar-refractivity contribution in [2.24, 2.45) is 0 Å². The van der Waals surface area contributed by atoms with E-state index in [2.05, 4.69) is 10.4 Å². The van der Waals surface area contributed by atoms with E-state index in [1.165, 1.54) is 6.92 Å². The molecule has 11 heavy (non-hydrogen) atoms. The first-order valence-corrected chi connectivity index (χ1v) is 3.55. The van der Waals surface area contributed by atoms with E-state index in [0.29, 0.717) is 13.2 Å². The maximum atomic E-state index is 10.3. The number of hydrazine groups is 1. The van der Waals surface area contributed by atoms with Gasteiger partial charge in [0.2, 0.25) is 0 Å². The van der Waals surface area contributed by atoms with Crippen molar-refractivity contribution in [3.8, 4) is 0 Å². The zero-order valence-corrected chi connectivity index (χ0v) is 6.50. The third-order valence-corrected chi connectivity index (χ3v) is 1.33. The Balaban J connectivity index is 2.09. The first-order valence-electron chi connectivity index (χ1n) is 3.55. The molecule has 0 aromatic heterocycles. The molecule has 1 saturated heterocycles. The van der Waals surface area contributed by atoms with Crippen LogP contribution in [0.25, 0.3) is 0 Å². The Morgan fingerprint density at radius 3 is 2.73 bits per heavy atom. The average molecular weight is 160 g/mol. The molecular formula is C6H12N2O3. The van der Waals surface area contributed by atoms with Crippen molar-refractivity contribution in [3.63, 3.8) is 0 Å². The molecule has 64 valence electrons. The monoisotopic (exact) mass is 160 g/mol. The maximum absolute atomic E-state index is 10.3. The molecule has 0 aromatic carbocycles. The number of hydrogen-bond acceptors (Lipinski definition) is 5. The fourth-order valence-corrected chi connectivity index (χ4v) is 0.783. The molecule has 0 spiro atoms. The summed E-state index contributed by atoms with van der Waals surface area (Å²) >= 11 is 0. The summed E-state index contributed by atoms with van der Waals surface area (Å²) in [4.78, 5) is 14.9. The highest BCUT2D eigenvalue weighted by atomic mass is 16.7. The van der Waals surface area contributed by atoms with Gasteiger partial charge in [-0.25, -0.2) is 5.01 Å². The fraction of sp³-hybridized carbons (Fsp3) is 0.833. The number of rotatable bonds is 2. The van der Waals surface area contributed by atoms with Crippen molar-refractivity contribution in [3.05, 3.63) is 0 Å². The Labute approximate surface area is 65.2 Å². The molecule has 1 aliphatic rings. The molecule has 1 rings (SSSR count). The van der Waals surface area contributed by atoms with Gasteiger partial charge in [-0.3, -0.25) is 4.79 Å². The van der Waals surface area contributed by atoms with Crippen LogP contribution in [0.4, 0.5) is 0 Å². The average Bonchev–Trinajstić information content (AvgIpc) is 2.03. The first kappa shape index (κ1) is 8.45. The molecule has 1 heterocycles. The highest BCUT2D eigenvalue weighted by Gasteiger charge is 2.09. The fourth-order valence-electron chi connectivity index (χ4n) is 0.783. The summed E-state index contributed by atoms with van der Waals surface area (Å²) in [5.41, 5.74) is 2.52. The number of hydrogen-bond donors (Lipinski definition) is 1. The maximum Gasteiger partial charge on any atom is 0.323 e. The predicted molar refractivity (Wildman–Crippen MR) is 37.3 cm³/mol.